The fourth-order valence-electron chi connectivity index (χ4n) is 10.2. The molecule has 1 heteroatoms. The Labute approximate surface area is 380 Å². The second-order valence-electron chi connectivity index (χ2n) is 20.0. The predicted octanol–water partition coefficient (Wildman–Crippen LogP) is 17.4. The average molecular weight is 828 g/mol. The second kappa shape index (κ2) is 16.0. The summed E-state index contributed by atoms with van der Waals surface area (Å²) in [5, 5.41) is 4.91. The van der Waals surface area contributed by atoms with Crippen LogP contribution in [0.2, 0.25) is 0 Å². The van der Waals surface area contributed by atoms with Gasteiger partial charge in [-0.15, -0.1) is 0 Å². The summed E-state index contributed by atoms with van der Waals surface area (Å²) in [6, 6.07) is 65.5. The molecule has 2 aliphatic rings. The molecule has 10 rings (SSSR count). The maximum atomic E-state index is 2.54. The van der Waals surface area contributed by atoms with Gasteiger partial charge in [0, 0.05) is 22.6 Å². The fourth-order valence-corrected chi connectivity index (χ4v) is 10.2. The van der Waals surface area contributed by atoms with Gasteiger partial charge in [0.1, 0.15) is 0 Å². The highest BCUT2D eigenvalue weighted by Crippen LogP contribution is 2.54. The first-order chi connectivity index (χ1) is 30.9. The third kappa shape index (κ3) is 7.33. The van der Waals surface area contributed by atoms with Gasteiger partial charge >= 0.3 is 0 Å². The Morgan fingerprint density at radius 3 is 1.81 bits per heavy atom. The molecule has 0 heterocycles. The molecular weight excluding hydrogens is 771 g/mol. The van der Waals surface area contributed by atoms with Crippen LogP contribution in [0.25, 0.3) is 49.4 Å². The molecule has 2 atom stereocenters. The van der Waals surface area contributed by atoms with Crippen LogP contribution in [0.4, 0.5) is 17.1 Å². The number of benzene rings is 8. The lowest BCUT2D eigenvalue weighted by molar-refractivity contribution is 0.494. The van der Waals surface area contributed by atoms with Crippen LogP contribution in [0, 0.1) is 5.92 Å². The molecule has 0 fully saturated rings. The Hall–Kier alpha value is -6.96. The zero-order valence-corrected chi connectivity index (χ0v) is 38.2. The van der Waals surface area contributed by atoms with E-state index in [-0.39, 0.29) is 16.7 Å². The van der Waals surface area contributed by atoms with E-state index in [9.17, 15) is 0 Å². The minimum Gasteiger partial charge on any atom is -0.310 e. The van der Waals surface area contributed by atoms with E-state index in [1.807, 2.05) is 0 Å². The van der Waals surface area contributed by atoms with E-state index in [1.165, 1.54) is 77.2 Å². The van der Waals surface area contributed by atoms with Crippen molar-refractivity contribution in [3.63, 3.8) is 0 Å². The zero-order chi connectivity index (χ0) is 44.2. The number of hydrogen-bond donors (Lipinski definition) is 0. The van der Waals surface area contributed by atoms with Crippen LogP contribution < -0.4 is 4.90 Å². The first-order valence-corrected chi connectivity index (χ1v) is 22.9. The van der Waals surface area contributed by atoms with Gasteiger partial charge in [-0.25, -0.2) is 0 Å². The normalized spacial score (nSPS) is 17.3. The molecule has 0 bridgehead atoms. The Kier molecular flexibility index (Phi) is 10.3. The quantitative estimate of drug-likeness (QED) is 0.155. The Morgan fingerprint density at radius 2 is 1.08 bits per heavy atom. The molecule has 8 aromatic carbocycles. The highest BCUT2D eigenvalue weighted by atomic mass is 15.1. The van der Waals surface area contributed by atoms with Crippen molar-refractivity contribution in [2.24, 2.45) is 5.92 Å². The van der Waals surface area contributed by atoms with Crippen LogP contribution >= 0.6 is 0 Å². The maximum absolute atomic E-state index is 2.54. The van der Waals surface area contributed by atoms with Crippen molar-refractivity contribution in [3.05, 3.63) is 240 Å². The zero-order valence-electron chi connectivity index (χ0n) is 38.2. The molecule has 0 aliphatic heterocycles. The summed E-state index contributed by atoms with van der Waals surface area (Å²) in [5.74, 6) is 0.0758. The number of para-hydroxylation sites is 2. The van der Waals surface area contributed by atoms with E-state index in [2.05, 4.69) is 266 Å². The minimum atomic E-state index is -0.416. The van der Waals surface area contributed by atoms with Crippen molar-refractivity contribution < 1.29 is 0 Å². The van der Waals surface area contributed by atoms with E-state index >= 15 is 0 Å². The molecule has 0 amide bonds. The van der Waals surface area contributed by atoms with E-state index in [0.29, 0.717) is 0 Å². The second-order valence-corrected chi connectivity index (χ2v) is 20.0. The summed E-state index contributed by atoms with van der Waals surface area (Å²) >= 11 is 0. The summed E-state index contributed by atoms with van der Waals surface area (Å²) in [6.45, 7) is 16.5. The van der Waals surface area contributed by atoms with E-state index in [1.54, 1.807) is 0 Å². The van der Waals surface area contributed by atoms with Gasteiger partial charge in [0.15, 0.2) is 0 Å². The molecule has 0 saturated carbocycles. The largest absolute Gasteiger partial charge is 0.310 e. The Balaban J connectivity index is 1.21. The van der Waals surface area contributed by atoms with Crippen LogP contribution in [-0.2, 0) is 16.2 Å². The average Bonchev–Trinajstić information content (AvgIpc) is 3.31. The molecule has 0 saturated heterocycles. The highest BCUT2D eigenvalue weighted by Gasteiger charge is 2.43. The Bertz CT molecular complexity index is 3160. The van der Waals surface area contributed by atoms with Gasteiger partial charge in [-0.1, -0.05) is 237 Å². The number of allylic oxidation sites excluding steroid dienone is 8. The van der Waals surface area contributed by atoms with Crippen molar-refractivity contribution >= 4 is 44.2 Å². The lowest BCUT2D eigenvalue weighted by Gasteiger charge is -2.44. The number of anilines is 3. The van der Waals surface area contributed by atoms with Crippen LogP contribution in [-0.4, -0.2) is 0 Å². The smallest absolute Gasteiger partial charge is 0.0540 e. The van der Waals surface area contributed by atoms with Crippen LogP contribution in [0.1, 0.15) is 70.7 Å². The van der Waals surface area contributed by atoms with Gasteiger partial charge in [-0.2, -0.15) is 0 Å². The molecular formula is C63H57N. The molecule has 0 aromatic heterocycles. The molecule has 0 radical (unpaired) electrons. The summed E-state index contributed by atoms with van der Waals surface area (Å²) in [7, 11) is 0. The molecule has 0 N–H and O–H groups in total. The minimum absolute atomic E-state index is 0.00179. The molecule has 2 unspecified atom stereocenters. The number of fused-ring (bicyclic) bond motifs is 3. The van der Waals surface area contributed by atoms with E-state index in [0.717, 1.165) is 17.1 Å². The number of hydrogen-bond acceptors (Lipinski definition) is 1. The molecule has 8 aromatic rings. The molecule has 64 heavy (non-hydrogen) atoms. The van der Waals surface area contributed by atoms with Gasteiger partial charge in [0.05, 0.1) is 11.4 Å². The highest BCUT2D eigenvalue weighted by molar-refractivity contribution is 6.09. The van der Waals surface area contributed by atoms with Crippen molar-refractivity contribution in [2.45, 2.75) is 64.7 Å². The first-order valence-electron chi connectivity index (χ1n) is 22.9. The standard InChI is InChI=1S/C63H57N/c1-61(2,3)49-39-48(40-50(42-49)62(4,5)6)53-31-19-27-46-28-20-38-63(7,60(46)53)56-33-14-16-35-58(56)64(51-37-36-43-21-11-12-24-47(43)41-51)57-34-15-13-29-54(57)55-32-18-26-45-25-17-30-52(59(45)55)44-22-9-8-10-23-44/h8-42,60H,1-7H3. The third-order valence-corrected chi connectivity index (χ3v) is 13.7. The summed E-state index contributed by atoms with van der Waals surface area (Å²) < 4.78 is 0. The van der Waals surface area contributed by atoms with Crippen molar-refractivity contribution in [1.29, 1.82) is 0 Å². The fraction of sp³-hybridized carbons (Fsp3) is 0.175. The molecule has 1 nitrogen and oxygen atoms in total. The van der Waals surface area contributed by atoms with Crippen LogP contribution in [0.15, 0.2) is 218 Å². The van der Waals surface area contributed by atoms with Crippen molar-refractivity contribution in [2.75, 3.05) is 4.90 Å². The van der Waals surface area contributed by atoms with Gasteiger partial charge in [0.25, 0.3) is 0 Å². The predicted molar refractivity (Wildman–Crippen MR) is 276 cm³/mol. The lowest BCUT2D eigenvalue weighted by atomic mass is 9.60. The van der Waals surface area contributed by atoms with Gasteiger partial charge in [0.2, 0.25) is 0 Å². The monoisotopic (exact) mass is 827 g/mol. The van der Waals surface area contributed by atoms with E-state index in [4.69, 9.17) is 0 Å². The van der Waals surface area contributed by atoms with Crippen LogP contribution in [0.3, 0.4) is 0 Å². The van der Waals surface area contributed by atoms with Gasteiger partial charge < -0.3 is 4.90 Å². The van der Waals surface area contributed by atoms with Crippen molar-refractivity contribution in [1.82, 2.24) is 0 Å². The molecule has 314 valence electrons. The third-order valence-electron chi connectivity index (χ3n) is 13.7. The lowest BCUT2D eigenvalue weighted by Crippen LogP contribution is -2.36. The summed E-state index contributed by atoms with van der Waals surface area (Å²) in [5.41, 5.74) is 15.8. The van der Waals surface area contributed by atoms with Gasteiger partial charge in [-0.3, -0.25) is 0 Å². The topological polar surface area (TPSA) is 3.24 Å². The number of nitrogens with zero attached hydrogens (tertiary/aromatic N) is 1. The number of rotatable bonds is 7. The Morgan fingerprint density at radius 1 is 0.469 bits per heavy atom. The summed E-state index contributed by atoms with van der Waals surface area (Å²) in [4.78, 5) is 2.54. The molecule has 0 spiro atoms. The SMILES string of the molecule is CC(C)(C)c1cc(C2=CC=CC3=CC=CC(C)(c4ccccc4N(c4ccc5ccccc5c4)c4ccccc4-c4cccc5cccc(-c6ccccc6)c45)C32)cc(C(C)(C)C)c1. The summed E-state index contributed by atoms with van der Waals surface area (Å²) in [6.07, 6.45) is 14.1. The van der Waals surface area contributed by atoms with E-state index < -0.39 is 5.41 Å². The van der Waals surface area contributed by atoms with Gasteiger partial charge in [-0.05, 0) is 107 Å². The molecule has 2 aliphatic carbocycles. The van der Waals surface area contributed by atoms with Crippen molar-refractivity contribution in [3.8, 4) is 22.3 Å². The first kappa shape index (κ1) is 41.1. The maximum Gasteiger partial charge on any atom is 0.0540 e. The van der Waals surface area contributed by atoms with Crippen LogP contribution in [0.5, 0.6) is 0 Å².